The second-order valence-corrected chi connectivity index (χ2v) is 12.1. The summed E-state index contributed by atoms with van der Waals surface area (Å²) in [5.41, 5.74) is 5.97. The molecule has 1 amide bonds. The van der Waals surface area contributed by atoms with Crippen molar-refractivity contribution in [3.8, 4) is 0 Å². The lowest BCUT2D eigenvalue weighted by Crippen LogP contribution is -2.62. The summed E-state index contributed by atoms with van der Waals surface area (Å²) in [7, 11) is 0. The predicted molar refractivity (Wildman–Crippen MR) is 119 cm³/mol. The fourth-order valence-electron chi connectivity index (χ4n) is 9.50. The van der Waals surface area contributed by atoms with Gasteiger partial charge in [-0.05, 0) is 104 Å². The summed E-state index contributed by atoms with van der Waals surface area (Å²) in [6.07, 6.45) is 9.83. The second kappa shape index (κ2) is 8.06. The minimum absolute atomic E-state index is 0.183. The fourth-order valence-corrected chi connectivity index (χ4v) is 9.50. The number of carbonyl (C=O) groups excluding carboxylic acids is 1. The number of hydrogen-bond donors (Lipinski definition) is 3. The highest BCUT2D eigenvalue weighted by atomic mass is 16.3. The van der Waals surface area contributed by atoms with Gasteiger partial charge in [0, 0.05) is 6.42 Å². The Morgan fingerprint density at radius 2 is 1.70 bits per heavy atom. The van der Waals surface area contributed by atoms with Gasteiger partial charge in [-0.2, -0.15) is 0 Å². The number of primary amides is 1. The predicted octanol–water partition coefficient (Wildman–Crippen LogP) is 4.51. The standard InChI is InChI=1S/C26H45NO3/c1-5-17-21-14-16(28)10-12-26(21,4)20-11-13-25(3)18(15(2)6-9-22(27)29)7-8-19(25)23(20)24(17)30/h15-21,23-24,28,30H,5-14H2,1-4H3,(H2,27,29)/t15-,16-,17-,18?,19?,20?,21+,23?,24?,25-,26-/m1/s1. The summed E-state index contributed by atoms with van der Waals surface area (Å²) >= 11 is 0. The van der Waals surface area contributed by atoms with Crippen molar-refractivity contribution in [3.63, 3.8) is 0 Å². The molecule has 4 rings (SSSR count). The summed E-state index contributed by atoms with van der Waals surface area (Å²) in [5.74, 6) is 3.32. The van der Waals surface area contributed by atoms with Gasteiger partial charge in [0.2, 0.25) is 5.91 Å². The summed E-state index contributed by atoms with van der Waals surface area (Å²) < 4.78 is 0. The van der Waals surface area contributed by atoms with Gasteiger partial charge in [-0.15, -0.1) is 0 Å². The highest BCUT2D eigenvalue weighted by Gasteiger charge is 2.64. The lowest BCUT2D eigenvalue weighted by Gasteiger charge is -2.64. The molecule has 4 nitrogen and oxygen atoms in total. The van der Waals surface area contributed by atoms with Crippen LogP contribution in [0.25, 0.3) is 0 Å². The van der Waals surface area contributed by atoms with E-state index in [9.17, 15) is 15.0 Å². The highest BCUT2D eigenvalue weighted by molar-refractivity contribution is 5.73. The quantitative estimate of drug-likeness (QED) is 0.613. The van der Waals surface area contributed by atoms with Crippen molar-refractivity contribution in [1.29, 1.82) is 0 Å². The Hall–Kier alpha value is -0.610. The van der Waals surface area contributed by atoms with Gasteiger partial charge in [0.05, 0.1) is 12.2 Å². The van der Waals surface area contributed by atoms with Crippen LogP contribution < -0.4 is 5.73 Å². The van der Waals surface area contributed by atoms with Crippen molar-refractivity contribution in [2.45, 2.75) is 104 Å². The van der Waals surface area contributed by atoms with Crippen LogP contribution in [0.1, 0.15) is 91.9 Å². The van der Waals surface area contributed by atoms with Gasteiger partial charge in [0.25, 0.3) is 0 Å². The third-order valence-corrected chi connectivity index (χ3v) is 11.0. The molecule has 0 saturated heterocycles. The molecule has 5 unspecified atom stereocenters. The van der Waals surface area contributed by atoms with Crippen molar-refractivity contribution < 1.29 is 15.0 Å². The number of fused-ring (bicyclic) bond motifs is 5. The zero-order chi connectivity index (χ0) is 21.8. The Kier molecular flexibility index (Phi) is 6.07. The average molecular weight is 420 g/mol. The molecule has 11 atom stereocenters. The number of rotatable bonds is 5. The van der Waals surface area contributed by atoms with Crippen LogP contribution in [0.5, 0.6) is 0 Å². The van der Waals surface area contributed by atoms with Gasteiger partial charge in [0.15, 0.2) is 0 Å². The molecule has 30 heavy (non-hydrogen) atoms. The van der Waals surface area contributed by atoms with E-state index in [0.717, 1.165) is 32.1 Å². The van der Waals surface area contributed by atoms with Crippen LogP contribution in [0, 0.1) is 52.3 Å². The van der Waals surface area contributed by atoms with Gasteiger partial charge in [-0.3, -0.25) is 4.79 Å². The molecule has 4 fully saturated rings. The first kappa shape index (κ1) is 22.6. The van der Waals surface area contributed by atoms with Crippen molar-refractivity contribution in [2.24, 2.45) is 58.0 Å². The van der Waals surface area contributed by atoms with Gasteiger partial charge in [-0.25, -0.2) is 0 Å². The monoisotopic (exact) mass is 419 g/mol. The van der Waals surface area contributed by atoms with Crippen LogP contribution in [-0.2, 0) is 4.79 Å². The smallest absolute Gasteiger partial charge is 0.217 e. The van der Waals surface area contributed by atoms with E-state index in [4.69, 9.17) is 5.73 Å². The number of carbonyl (C=O) groups is 1. The largest absolute Gasteiger partial charge is 0.393 e. The topological polar surface area (TPSA) is 83.5 Å². The normalized spacial score (nSPS) is 51.5. The molecule has 4 aliphatic rings. The fraction of sp³-hybridized carbons (Fsp3) is 0.962. The minimum atomic E-state index is -0.229. The molecule has 0 aromatic heterocycles. The van der Waals surface area contributed by atoms with E-state index >= 15 is 0 Å². The molecule has 0 radical (unpaired) electrons. The van der Waals surface area contributed by atoms with Crippen LogP contribution >= 0.6 is 0 Å². The average Bonchev–Trinajstić information content (AvgIpc) is 3.05. The van der Waals surface area contributed by atoms with Gasteiger partial charge in [-0.1, -0.05) is 34.1 Å². The molecule has 0 spiro atoms. The Labute approximate surface area is 183 Å². The van der Waals surface area contributed by atoms with Crippen LogP contribution in [0.4, 0.5) is 0 Å². The number of amides is 1. The molecule has 4 heteroatoms. The van der Waals surface area contributed by atoms with Crippen molar-refractivity contribution in [3.05, 3.63) is 0 Å². The van der Waals surface area contributed by atoms with Crippen LogP contribution in [0.2, 0.25) is 0 Å². The molecule has 0 heterocycles. The molecule has 4 aliphatic carbocycles. The van der Waals surface area contributed by atoms with Gasteiger partial charge in [0.1, 0.15) is 0 Å². The molecule has 172 valence electrons. The molecule has 0 bridgehead atoms. The Morgan fingerprint density at radius 3 is 2.37 bits per heavy atom. The molecular formula is C26H45NO3. The highest BCUT2D eigenvalue weighted by Crippen LogP contribution is 2.69. The van der Waals surface area contributed by atoms with Crippen LogP contribution in [0.3, 0.4) is 0 Å². The molecule has 0 aromatic carbocycles. The van der Waals surface area contributed by atoms with Gasteiger partial charge >= 0.3 is 0 Å². The van der Waals surface area contributed by atoms with E-state index in [2.05, 4.69) is 27.7 Å². The number of nitrogens with two attached hydrogens (primary N) is 1. The summed E-state index contributed by atoms with van der Waals surface area (Å²) in [4.78, 5) is 11.3. The van der Waals surface area contributed by atoms with Crippen LogP contribution in [-0.4, -0.2) is 28.3 Å². The molecular weight excluding hydrogens is 374 g/mol. The maximum Gasteiger partial charge on any atom is 0.217 e. The Morgan fingerprint density at radius 1 is 1.03 bits per heavy atom. The number of hydrogen-bond acceptors (Lipinski definition) is 3. The lowest BCUT2D eigenvalue weighted by molar-refractivity contribution is -0.203. The van der Waals surface area contributed by atoms with E-state index in [1.165, 1.54) is 25.7 Å². The van der Waals surface area contributed by atoms with Crippen molar-refractivity contribution in [2.75, 3.05) is 0 Å². The Bertz CT molecular complexity index is 652. The Balaban J connectivity index is 1.61. The first-order valence-corrected chi connectivity index (χ1v) is 12.8. The zero-order valence-corrected chi connectivity index (χ0v) is 19.6. The lowest BCUT2D eigenvalue weighted by atomic mass is 9.41. The van der Waals surface area contributed by atoms with Crippen molar-refractivity contribution in [1.82, 2.24) is 0 Å². The number of aliphatic hydroxyl groups is 2. The van der Waals surface area contributed by atoms with E-state index in [1.807, 2.05) is 0 Å². The molecule has 0 aromatic rings. The van der Waals surface area contributed by atoms with E-state index in [1.54, 1.807) is 0 Å². The van der Waals surface area contributed by atoms with E-state index < -0.39 is 0 Å². The first-order valence-electron chi connectivity index (χ1n) is 12.8. The van der Waals surface area contributed by atoms with Crippen molar-refractivity contribution >= 4 is 5.91 Å². The summed E-state index contributed by atoms with van der Waals surface area (Å²) in [5, 5.41) is 22.1. The number of aliphatic hydroxyl groups excluding tert-OH is 2. The zero-order valence-electron chi connectivity index (χ0n) is 19.6. The molecule has 4 N–H and O–H groups in total. The SMILES string of the molecule is CC[C@H]1C(O)C2C3CCC([C@H](C)CCC(N)=O)[C@@]3(C)CCC2[C@@]2(C)CC[C@@H](O)C[C@@H]12. The molecule has 0 aliphatic heterocycles. The summed E-state index contributed by atoms with van der Waals surface area (Å²) in [6.45, 7) is 9.56. The summed E-state index contributed by atoms with van der Waals surface area (Å²) in [6, 6.07) is 0. The first-order chi connectivity index (χ1) is 14.1. The van der Waals surface area contributed by atoms with Crippen LogP contribution in [0.15, 0.2) is 0 Å². The molecule has 4 saturated carbocycles. The third kappa shape index (κ3) is 3.36. The maximum absolute atomic E-state index is 11.7. The third-order valence-electron chi connectivity index (χ3n) is 11.0. The second-order valence-electron chi connectivity index (χ2n) is 12.1. The van der Waals surface area contributed by atoms with E-state index in [-0.39, 0.29) is 28.9 Å². The van der Waals surface area contributed by atoms with Gasteiger partial charge < -0.3 is 15.9 Å². The maximum atomic E-state index is 11.7. The minimum Gasteiger partial charge on any atom is -0.393 e. The van der Waals surface area contributed by atoms with E-state index in [0.29, 0.717) is 47.8 Å².